The van der Waals surface area contributed by atoms with Crippen molar-refractivity contribution in [3.05, 3.63) is 23.8 Å². The minimum Gasteiger partial charge on any atom is -0.497 e. The van der Waals surface area contributed by atoms with Gasteiger partial charge in [-0.15, -0.1) is 0 Å². The quantitative estimate of drug-likeness (QED) is 0.834. The summed E-state index contributed by atoms with van der Waals surface area (Å²) in [5.41, 5.74) is 8.55. The van der Waals surface area contributed by atoms with Crippen LogP contribution in [-0.2, 0) is 6.54 Å². The first-order valence-corrected chi connectivity index (χ1v) is 7.76. The molecule has 1 fully saturated rings. The molecular formula is C17H28N2O. The van der Waals surface area contributed by atoms with Gasteiger partial charge in [0.05, 0.1) is 7.11 Å². The predicted molar refractivity (Wildman–Crippen MR) is 84.9 cm³/mol. The van der Waals surface area contributed by atoms with E-state index in [1.54, 1.807) is 7.11 Å². The summed E-state index contributed by atoms with van der Waals surface area (Å²) in [7, 11) is 1.69. The highest BCUT2D eigenvalue weighted by Gasteiger charge is 2.30. The van der Waals surface area contributed by atoms with Gasteiger partial charge in [0.25, 0.3) is 0 Å². The third-order valence-electron chi connectivity index (χ3n) is 5.05. The van der Waals surface area contributed by atoms with Crippen molar-refractivity contribution in [2.24, 2.45) is 5.41 Å². The van der Waals surface area contributed by atoms with Crippen LogP contribution in [0, 0.1) is 5.41 Å². The minimum atomic E-state index is 0.587. The number of benzene rings is 1. The van der Waals surface area contributed by atoms with Crippen LogP contribution in [0.2, 0.25) is 0 Å². The molecule has 0 aromatic heterocycles. The highest BCUT2D eigenvalue weighted by atomic mass is 16.5. The lowest BCUT2D eigenvalue weighted by Crippen LogP contribution is -2.39. The monoisotopic (exact) mass is 276 g/mol. The van der Waals surface area contributed by atoms with E-state index in [1.807, 2.05) is 6.07 Å². The van der Waals surface area contributed by atoms with Gasteiger partial charge in [-0.05, 0) is 49.0 Å². The topological polar surface area (TPSA) is 38.5 Å². The van der Waals surface area contributed by atoms with Crippen molar-refractivity contribution < 1.29 is 4.74 Å². The van der Waals surface area contributed by atoms with E-state index < -0.39 is 0 Å². The van der Waals surface area contributed by atoms with Gasteiger partial charge in [-0.1, -0.05) is 26.7 Å². The molecule has 3 heteroatoms. The number of likely N-dealkylation sites (tertiary alicyclic amines) is 1. The van der Waals surface area contributed by atoms with Crippen LogP contribution in [0.5, 0.6) is 5.75 Å². The fourth-order valence-electron chi connectivity index (χ4n) is 3.30. The number of hydrogen-bond donors (Lipinski definition) is 1. The molecular weight excluding hydrogens is 248 g/mol. The van der Waals surface area contributed by atoms with Gasteiger partial charge in [0.15, 0.2) is 0 Å². The number of rotatable bonds is 5. The average Bonchev–Trinajstić information content (AvgIpc) is 2.48. The van der Waals surface area contributed by atoms with Crippen LogP contribution in [0.25, 0.3) is 0 Å². The first kappa shape index (κ1) is 15.2. The lowest BCUT2D eigenvalue weighted by molar-refractivity contribution is 0.0908. The van der Waals surface area contributed by atoms with Gasteiger partial charge in [-0.2, -0.15) is 0 Å². The Bertz CT molecular complexity index is 431. The van der Waals surface area contributed by atoms with Crippen LogP contribution in [-0.4, -0.2) is 25.1 Å². The average molecular weight is 276 g/mol. The highest BCUT2D eigenvalue weighted by molar-refractivity contribution is 5.47. The SMILES string of the molecule is CCC1(CC)CCN(Cc2cc(N)cc(OC)c2)CC1. The Morgan fingerprint density at radius 3 is 2.35 bits per heavy atom. The van der Waals surface area contributed by atoms with E-state index in [2.05, 4.69) is 30.9 Å². The number of nitrogens with zero attached hydrogens (tertiary/aromatic N) is 1. The lowest BCUT2D eigenvalue weighted by atomic mass is 9.74. The summed E-state index contributed by atoms with van der Waals surface area (Å²) in [6, 6.07) is 6.03. The standard InChI is InChI=1S/C17H28N2O/c1-4-17(5-2)6-8-19(9-7-17)13-14-10-15(18)12-16(11-14)20-3/h10-12H,4-9,13,18H2,1-3H3. The van der Waals surface area contributed by atoms with Crippen molar-refractivity contribution in [3.63, 3.8) is 0 Å². The van der Waals surface area contributed by atoms with E-state index >= 15 is 0 Å². The number of nitrogens with two attached hydrogens (primary N) is 1. The van der Waals surface area contributed by atoms with E-state index in [0.717, 1.165) is 18.0 Å². The van der Waals surface area contributed by atoms with Gasteiger partial charge in [0, 0.05) is 18.3 Å². The van der Waals surface area contributed by atoms with Crippen molar-refractivity contribution in [2.75, 3.05) is 25.9 Å². The molecule has 0 spiro atoms. The molecule has 0 atom stereocenters. The zero-order chi connectivity index (χ0) is 14.6. The maximum Gasteiger partial charge on any atom is 0.121 e. The molecule has 0 radical (unpaired) electrons. The molecule has 1 aromatic carbocycles. The molecule has 3 nitrogen and oxygen atoms in total. The molecule has 1 heterocycles. The Balaban J connectivity index is 1.97. The summed E-state index contributed by atoms with van der Waals surface area (Å²) < 4.78 is 5.29. The largest absolute Gasteiger partial charge is 0.497 e. The third kappa shape index (κ3) is 3.45. The number of anilines is 1. The Labute approximate surface area is 123 Å². The van der Waals surface area contributed by atoms with Crippen molar-refractivity contribution in [1.29, 1.82) is 0 Å². The summed E-state index contributed by atoms with van der Waals surface area (Å²) in [6.45, 7) is 8.03. The fourth-order valence-corrected chi connectivity index (χ4v) is 3.30. The molecule has 2 rings (SSSR count). The predicted octanol–water partition coefficient (Wildman–Crippen LogP) is 3.68. The molecule has 0 bridgehead atoms. The molecule has 0 unspecified atom stereocenters. The van der Waals surface area contributed by atoms with Crippen LogP contribution in [0.15, 0.2) is 18.2 Å². The molecule has 1 aliphatic rings. The lowest BCUT2D eigenvalue weighted by Gasteiger charge is -2.41. The molecule has 1 aliphatic heterocycles. The zero-order valence-electron chi connectivity index (χ0n) is 13.1. The Morgan fingerprint density at radius 1 is 1.15 bits per heavy atom. The molecule has 0 aliphatic carbocycles. The van der Waals surface area contributed by atoms with E-state index in [4.69, 9.17) is 10.5 Å². The Morgan fingerprint density at radius 2 is 1.80 bits per heavy atom. The normalized spacial score (nSPS) is 18.9. The van der Waals surface area contributed by atoms with Gasteiger partial charge < -0.3 is 10.5 Å². The first-order valence-electron chi connectivity index (χ1n) is 7.76. The van der Waals surface area contributed by atoms with Gasteiger partial charge >= 0.3 is 0 Å². The van der Waals surface area contributed by atoms with Gasteiger partial charge in [-0.25, -0.2) is 0 Å². The van der Waals surface area contributed by atoms with Crippen LogP contribution < -0.4 is 10.5 Å². The van der Waals surface area contributed by atoms with Crippen LogP contribution in [0.3, 0.4) is 0 Å². The first-order chi connectivity index (χ1) is 9.60. The van der Waals surface area contributed by atoms with E-state index in [-0.39, 0.29) is 0 Å². The molecule has 0 saturated carbocycles. The second-order valence-electron chi connectivity index (χ2n) is 6.10. The number of ether oxygens (including phenoxy) is 1. The molecule has 20 heavy (non-hydrogen) atoms. The van der Waals surface area contributed by atoms with Gasteiger partial charge in [-0.3, -0.25) is 4.90 Å². The second kappa shape index (κ2) is 6.49. The summed E-state index contributed by atoms with van der Waals surface area (Å²) in [4.78, 5) is 2.54. The summed E-state index contributed by atoms with van der Waals surface area (Å²) in [6.07, 6.45) is 5.26. The van der Waals surface area contributed by atoms with Crippen molar-refractivity contribution in [2.45, 2.75) is 46.1 Å². The maximum atomic E-state index is 5.93. The van der Waals surface area contributed by atoms with Gasteiger partial charge in [0.2, 0.25) is 0 Å². The molecule has 112 valence electrons. The fraction of sp³-hybridized carbons (Fsp3) is 0.647. The summed E-state index contributed by atoms with van der Waals surface area (Å²) in [5.74, 6) is 0.855. The summed E-state index contributed by atoms with van der Waals surface area (Å²) in [5, 5.41) is 0. The molecule has 0 amide bonds. The van der Waals surface area contributed by atoms with Crippen molar-refractivity contribution in [3.8, 4) is 5.75 Å². The highest BCUT2D eigenvalue weighted by Crippen LogP contribution is 2.38. The molecule has 1 aromatic rings. The van der Waals surface area contributed by atoms with Gasteiger partial charge in [0.1, 0.15) is 5.75 Å². The van der Waals surface area contributed by atoms with E-state index in [1.165, 1.54) is 44.3 Å². The maximum absolute atomic E-state index is 5.93. The molecule has 2 N–H and O–H groups in total. The van der Waals surface area contributed by atoms with E-state index in [9.17, 15) is 0 Å². The minimum absolute atomic E-state index is 0.587. The van der Waals surface area contributed by atoms with E-state index in [0.29, 0.717) is 5.41 Å². The number of nitrogen functional groups attached to an aromatic ring is 1. The van der Waals surface area contributed by atoms with Crippen LogP contribution in [0.1, 0.15) is 45.1 Å². The second-order valence-corrected chi connectivity index (χ2v) is 6.10. The third-order valence-corrected chi connectivity index (χ3v) is 5.05. The van der Waals surface area contributed by atoms with Crippen LogP contribution >= 0.6 is 0 Å². The number of hydrogen-bond acceptors (Lipinski definition) is 3. The van der Waals surface area contributed by atoms with Crippen molar-refractivity contribution in [1.82, 2.24) is 4.90 Å². The smallest absolute Gasteiger partial charge is 0.121 e. The Kier molecular flexibility index (Phi) is 4.92. The molecule has 1 saturated heterocycles. The number of piperidine rings is 1. The van der Waals surface area contributed by atoms with Crippen molar-refractivity contribution >= 4 is 5.69 Å². The Hall–Kier alpha value is -1.22. The zero-order valence-corrected chi connectivity index (χ0v) is 13.1. The van der Waals surface area contributed by atoms with Crippen LogP contribution in [0.4, 0.5) is 5.69 Å². The number of methoxy groups -OCH3 is 1. The summed E-state index contributed by atoms with van der Waals surface area (Å²) >= 11 is 0.